The highest BCUT2D eigenvalue weighted by molar-refractivity contribution is 7.89. The number of sulfonamides is 1. The van der Waals surface area contributed by atoms with E-state index < -0.39 is 10.0 Å². The molecule has 2 N–H and O–H groups in total. The largest absolute Gasteiger partial charge is 0.269 e. The van der Waals surface area contributed by atoms with Gasteiger partial charge in [-0.1, -0.05) is 41.9 Å². The maximum Gasteiger partial charge on any atom is 0.269 e. The van der Waals surface area contributed by atoms with Gasteiger partial charge in [-0.05, 0) is 42.5 Å². The predicted molar refractivity (Wildman–Crippen MR) is 147 cm³/mol. The van der Waals surface area contributed by atoms with E-state index in [9.17, 15) is 13.2 Å². The van der Waals surface area contributed by atoms with Crippen LogP contribution < -0.4 is 10.7 Å². The summed E-state index contributed by atoms with van der Waals surface area (Å²) in [7, 11) is -3.95. The summed E-state index contributed by atoms with van der Waals surface area (Å²) in [5.74, 6) is 0.352. The summed E-state index contributed by atoms with van der Waals surface area (Å²) in [6, 6.07) is 20.2. The number of fused-ring (bicyclic) bond motifs is 1. The van der Waals surface area contributed by atoms with Gasteiger partial charge in [-0.3, -0.25) is 19.3 Å². The third-order valence-electron chi connectivity index (χ3n) is 6.08. The maximum atomic E-state index is 13.9. The quantitative estimate of drug-likeness (QED) is 0.339. The molecule has 0 unspecified atom stereocenters. The predicted octanol–water partition coefficient (Wildman–Crippen LogP) is 4.00. The summed E-state index contributed by atoms with van der Waals surface area (Å²) in [5, 5.41) is 10.4. The van der Waals surface area contributed by atoms with Gasteiger partial charge in [0.25, 0.3) is 5.56 Å². The number of primary sulfonamides is 1. The first kappa shape index (κ1) is 24.6. The second-order valence-electron chi connectivity index (χ2n) is 8.56. The molecule has 12 heteroatoms. The van der Waals surface area contributed by atoms with Crippen molar-refractivity contribution in [2.45, 2.75) is 4.90 Å². The molecule has 10 nitrogen and oxygen atoms in total. The van der Waals surface area contributed by atoms with Crippen LogP contribution in [-0.2, 0) is 10.0 Å². The topological polar surface area (TPSA) is 139 Å². The second kappa shape index (κ2) is 9.55. The molecule has 0 atom stereocenters. The van der Waals surface area contributed by atoms with Crippen LogP contribution >= 0.6 is 11.6 Å². The average Bonchev–Trinajstić information content (AvgIpc) is 3.38. The van der Waals surface area contributed by atoms with Gasteiger partial charge < -0.3 is 0 Å². The fourth-order valence-corrected chi connectivity index (χ4v) is 4.89. The Balaban J connectivity index is 1.59. The van der Waals surface area contributed by atoms with E-state index in [1.807, 2.05) is 24.3 Å². The van der Waals surface area contributed by atoms with Gasteiger partial charge in [-0.25, -0.2) is 23.2 Å². The normalized spacial score (nSPS) is 11.6. The van der Waals surface area contributed by atoms with Crippen LogP contribution in [0, 0.1) is 0 Å². The number of hydrogen-bond donors (Lipinski definition) is 1. The summed E-state index contributed by atoms with van der Waals surface area (Å²) in [6.45, 7) is 0. The zero-order chi connectivity index (χ0) is 27.1. The standard InChI is InChI=1S/C27H18ClN7O3S/c28-19-8-10-20(11-9-19)34-25(18-6-4-17(5-7-18)24-16-30-12-13-31-24)33-26-23(27(34)36)15-32-35(26)21-2-1-3-22(14-21)39(29,37)38/h1-16H,(H2,29,37,38). The SMILES string of the molecule is NS(=O)(=O)c1cccc(-n2ncc3c(=O)n(-c4ccc(Cl)cc4)c(-c4ccc(-c5cnccn5)cc4)nc32)c1. The van der Waals surface area contributed by atoms with Gasteiger partial charge in [0.05, 0.1) is 34.4 Å². The minimum atomic E-state index is -3.95. The molecule has 0 saturated heterocycles. The molecule has 3 aromatic heterocycles. The molecule has 39 heavy (non-hydrogen) atoms. The second-order valence-corrected chi connectivity index (χ2v) is 10.6. The molecule has 192 valence electrons. The van der Waals surface area contributed by atoms with E-state index >= 15 is 0 Å². The first-order valence-corrected chi connectivity index (χ1v) is 13.5. The Morgan fingerprint density at radius 3 is 2.28 bits per heavy atom. The minimum Gasteiger partial charge on any atom is -0.268 e. The summed E-state index contributed by atoms with van der Waals surface area (Å²) in [4.78, 5) is 27.1. The third-order valence-corrected chi connectivity index (χ3v) is 7.24. The molecule has 0 saturated carbocycles. The summed E-state index contributed by atoms with van der Waals surface area (Å²) in [5.41, 5.74) is 3.05. The summed E-state index contributed by atoms with van der Waals surface area (Å²) < 4.78 is 26.8. The number of aromatic nitrogens is 6. The van der Waals surface area contributed by atoms with Crippen molar-refractivity contribution in [3.63, 3.8) is 0 Å². The molecule has 6 rings (SSSR count). The molecule has 0 aliphatic heterocycles. The Morgan fingerprint density at radius 1 is 0.846 bits per heavy atom. The van der Waals surface area contributed by atoms with Crippen LogP contribution in [0.25, 0.3) is 45.1 Å². The lowest BCUT2D eigenvalue weighted by Gasteiger charge is -2.14. The lowest BCUT2D eigenvalue weighted by Crippen LogP contribution is -2.22. The Hall–Kier alpha value is -4.71. The first-order chi connectivity index (χ1) is 18.8. The average molecular weight is 556 g/mol. The van der Waals surface area contributed by atoms with Crippen LogP contribution in [0.5, 0.6) is 0 Å². The molecule has 0 spiro atoms. The lowest BCUT2D eigenvalue weighted by molar-refractivity contribution is 0.597. The van der Waals surface area contributed by atoms with E-state index in [-0.39, 0.29) is 21.5 Å². The molecular weight excluding hydrogens is 538 g/mol. The van der Waals surface area contributed by atoms with Gasteiger partial charge in [0.15, 0.2) is 5.65 Å². The van der Waals surface area contributed by atoms with Crippen molar-refractivity contribution in [3.8, 4) is 34.0 Å². The number of nitrogens with zero attached hydrogens (tertiary/aromatic N) is 6. The molecule has 0 bridgehead atoms. The fourth-order valence-electron chi connectivity index (χ4n) is 4.21. The minimum absolute atomic E-state index is 0.0852. The number of nitrogens with two attached hydrogens (primary N) is 1. The zero-order valence-electron chi connectivity index (χ0n) is 20.0. The molecule has 3 heterocycles. The van der Waals surface area contributed by atoms with E-state index in [0.29, 0.717) is 33.5 Å². The van der Waals surface area contributed by atoms with Gasteiger partial charge in [0, 0.05) is 28.5 Å². The molecule has 3 aromatic carbocycles. The molecular formula is C27H18ClN7O3S. The van der Waals surface area contributed by atoms with Crippen molar-refractivity contribution in [1.29, 1.82) is 0 Å². The van der Waals surface area contributed by atoms with Crippen molar-refractivity contribution in [2.24, 2.45) is 5.14 Å². The molecule has 0 radical (unpaired) electrons. The smallest absolute Gasteiger partial charge is 0.268 e. The van der Waals surface area contributed by atoms with Crippen LogP contribution in [0.2, 0.25) is 5.02 Å². The van der Waals surface area contributed by atoms with Gasteiger partial charge in [-0.15, -0.1) is 0 Å². The Kier molecular flexibility index (Phi) is 6.03. The van der Waals surface area contributed by atoms with Crippen molar-refractivity contribution in [1.82, 2.24) is 29.3 Å². The lowest BCUT2D eigenvalue weighted by atomic mass is 10.1. The summed E-state index contributed by atoms with van der Waals surface area (Å²) >= 11 is 6.10. The van der Waals surface area contributed by atoms with Crippen molar-refractivity contribution in [2.75, 3.05) is 0 Å². The maximum absolute atomic E-state index is 13.9. The Morgan fingerprint density at radius 2 is 1.59 bits per heavy atom. The van der Waals surface area contributed by atoms with E-state index in [2.05, 4.69) is 15.1 Å². The zero-order valence-corrected chi connectivity index (χ0v) is 21.6. The highest BCUT2D eigenvalue weighted by atomic mass is 35.5. The fraction of sp³-hybridized carbons (Fsp3) is 0. The van der Waals surface area contributed by atoms with E-state index in [4.69, 9.17) is 21.7 Å². The van der Waals surface area contributed by atoms with E-state index in [1.54, 1.807) is 55.0 Å². The Bertz CT molecular complexity index is 2010. The highest BCUT2D eigenvalue weighted by Gasteiger charge is 2.19. The van der Waals surface area contributed by atoms with Gasteiger partial charge >= 0.3 is 0 Å². The molecule has 0 fully saturated rings. The monoisotopic (exact) mass is 555 g/mol. The number of halogens is 1. The number of rotatable bonds is 5. The van der Waals surface area contributed by atoms with Crippen molar-refractivity contribution in [3.05, 3.63) is 113 Å². The van der Waals surface area contributed by atoms with Gasteiger partial charge in [0.2, 0.25) is 10.0 Å². The molecule has 0 aliphatic rings. The Labute approximate surface area is 227 Å². The van der Waals surface area contributed by atoms with E-state index in [1.165, 1.54) is 27.6 Å². The van der Waals surface area contributed by atoms with E-state index in [0.717, 1.165) is 5.56 Å². The highest BCUT2D eigenvalue weighted by Crippen LogP contribution is 2.27. The third kappa shape index (κ3) is 4.59. The van der Waals surface area contributed by atoms with Gasteiger partial charge in [0.1, 0.15) is 11.2 Å². The van der Waals surface area contributed by atoms with Crippen LogP contribution in [0.3, 0.4) is 0 Å². The number of benzene rings is 3. The van der Waals surface area contributed by atoms with Crippen LogP contribution in [-0.4, -0.2) is 37.7 Å². The van der Waals surface area contributed by atoms with Crippen LogP contribution in [0.4, 0.5) is 0 Å². The summed E-state index contributed by atoms with van der Waals surface area (Å²) in [6.07, 6.45) is 6.28. The van der Waals surface area contributed by atoms with Crippen molar-refractivity contribution < 1.29 is 8.42 Å². The first-order valence-electron chi connectivity index (χ1n) is 11.6. The van der Waals surface area contributed by atoms with Crippen LogP contribution in [0.1, 0.15) is 0 Å². The molecule has 0 aliphatic carbocycles. The molecule has 6 aromatic rings. The van der Waals surface area contributed by atoms with Crippen LogP contribution in [0.15, 0.2) is 107 Å². The molecule has 0 amide bonds. The van der Waals surface area contributed by atoms with Gasteiger partial charge in [-0.2, -0.15) is 5.10 Å². The van der Waals surface area contributed by atoms with Crippen molar-refractivity contribution >= 4 is 32.7 Å². The number of hydrogen-bond acceptors (Lipinski definition) is 7.